The first-order chi connectivity index (χ1) is 18.6. The van der Waals surface area contributed by atoms with Crippen molar-refractivity contribution >= 4 is 40.3 Å². The molecule has 1 aromatic heterocycles. The molecule has 3 heterocycles. The van der Waals surface area contributed by atoms with E-state index in [1.807, 2.05) is 53.5 Å². The van der Waals surface area contributed by atoms with Crippen molar-refractivity contribution in [3.05, 3.63) is 23.2 Å². The van der Waals surface area contributed by atoms with Crippen molar-refractivity contribution in [1.82, 2.24) is 20.0 Å². The van der Waals surface area contributed by atoms with Crippen molar-refractivity contribution in [1.29, 1.82) is 0 Å². The number of anilines is 1. The summed E-state index contributed by atoms with van der Waals surface area (Å²) in [4.78, 5) is 30.7. The normalized spacial score (nSPS) is 23.4. The second-order valence-corrected chi connectivity index (χ2v) is 12.8. The Balaban J connectivity index is 1.39. The maximum absolute atomic E-state index is 14.1. The molecule has 0 radical (unpaired) electrons. The summed E-state index contributed by atoms with van der Waals surface area (Å²) in [6, 6.07) is 5.09. The summed E-state index contributed by atoms with van der Waals surface area (Å²) < 4.78 is 7.50. The van der Waals surface area contributed by atoms with Gasteiger partial charge in [0, 0.05) is 23.5 Å². The minimum absolute atomic E-state index is 0.0232. The third kappa shape index (κ3) is 6.30. The van der Waals surface area contributed by atoms with Gasteiger partial charge in [0.2, 0.25) is 5.91 Å². The average Bonchev–Trinajstić information content (AvgIpc) is 3.60. The summed E-state index contributed by atoms with van der Waals surface area (Å²) in [6.45, 7) is 7.43. The zero-order valence-corrected chi connectivity index (χ0v) is 24.1. The topological polar surface area (TPSA) is 99.9 Å². The molecule has 2 aromatic rings. The number of hydrogen-bond donors (Lipinski definition) is 2. The molecule has 1 saturated carbocycles. The molecule has 2 amide bonds. The zero-order chi connectivity index (χ0) is 27.7. The molecule has 0 bridgehead atoms. The van der Waals surface area contributed by atoms with Crippen LogP contribution in [0, 0.1) is 5.92 Å². The fraction of sp³-hybridized carbons (Fsp3) is 0.690. The number of aromatic nitrogens is 2. The second-order valence-electron chi connectivity index (χ2n) is 12.3. The molecule has 5 rings (SSSR count). The number of ether oxygens (including phenoxy) is 1. The van der Waals surface area contributed by atoms with E-state index < -0.39 is 24.0 Å². The number of fused-ring (bicyclic) bond motifs is 1. The Hall–Kier alpha value is -2.52. The van der Waals surface area contributed by atoms with Crippen LogP contribution in [-0.2, 0) is 16.1 Å². The van der Waals surface area contributed by atoms with Crippen LogP contribution in [0.1, 0.15) is 78.6 Å². The van der Waals surface area contributed by atoms with Crippen molar-refractivity contribution in [3.8, 4) is 0 Å². The number of aliphatic hydroxyl groups excluding tert-OH is 1. The summed E-state index contributed by atoms with van der Waals surface area (Å²) in [6.07, 6.45) is 7.47. The Morgan fingerprint density at radius 1 is 1.10 bits per heavy atom. The molecule has 2 N–H and O–H groups in total. The average molecular weight is 560 g/mol. The van der Waals surface area contributed by atoms with Gasteiger partial charge >= 0.3 is 6.09 Å². The van der Waals surface area contributed by atoms with Gasteiger partial charge in [-0.1, -0.05) is 30.9 Å². The van der Waals surface area contributed by atoms with Gasteiger partial charge in [-0.2, -0.15) is 5.10 Å². The number of aliphatic hydroxyl groups is 1. The number of alkyl carbamates (subject to hydrolysis) is 1. The molecule has 2 aliphatic heterocycles. The van der Waals surface area contributed by atoms with Crippen molar-refractivity contribution < 1.29 is 19.4 Å². The van der Waals surface area contributed by atoms with Crippen molar-refractivity contribution in [2.45, 2.75) is 109 Å². The first-order valence-corrected chi connectivity index (χ1v) is 14.9. The van der Waals surface area contributed by atoms with Gasteiger partial charge in [0.15, 0.2) is 5.82 Å². The van der Waals surface area contributed by atoms with Crippen molar-refractivity contribution in [3.63, 3.8) is 0 Å². The van der Waals surface area contributed by atoms with Crippen LogP contribution in [0.5, 0.6) is 0 Å². The van der Waals surface area contributed by atoms with E-state index in [0.717, 1.165) is 68.2 Å². The van der Waals surface area contributed by atoms with E-state index in [4.69, 9.17) is 21.4 Å². The number of carbonyl (C=O) groups is 2. The number of halogens is 1. The summed E-state index contributed by atoms with van der Waals surface area (Å²) in [7, 11) is 0. The van der Waals surface area contributed by atoms with Gasteiger partial charge in [-0.25, -0.2) is 4.79 Å². The number of likely N-dealkylation sites (tertiary alicyclic amines) is 1. The number of benzene rings is 1. The number of nitrogens with zero attached hydrogens (tertiary/aromatic N) is 4. The van der Waals surface area contributed by atoms with Gasteiger partial charge in [0.25, 0.3) is 0 Å². The van der Waals surface area contributed by atoms with Crippen molar-refractivity contribution in [2.75, 3.05) is 18.0 Å². The van der Waals surface area contributed by atoms with Crippen LogP contribution in [0.15, 0.2) is 18.2 Å². The maximum atomic E-state index is 14.1. The third-order valence-corrected chi connectivity index (χ3v) is 8.52. The first kappa shape index (κ1) is 28.0. The quantitative estimate of drug-likeness (QED) is 0.512. The molecule has 214 valence electrons. The summed E-state index contributed by atoms with van der Waals surface area (Å²) in [5, 5.41) is 20.0. The molecule has 2 saturated heterocycles. The predicted octanol–water partition coefficient (Wildman–Crippen LogP) is 5.07. The maximum Gasteiger partial charge on any atom is 0.408 e. The van der Waals surface area contributed by atoms with E-state index >= 15 is 0 Å². The predicted molar refractivity (Wildman–Crippen MR) is 152 cm³/mol. The number of rotatable bonds is 6. The minimum atomic E-state index is -0.634. The lowest BCUT2D eigenvalue weighted by atomic mass is 9.83. The molecule has 9 nitrogen and oxygen atoms in total. The van der Waals surface area contributed by atoms with E-state index in [2.05, 4.69) is 5.32 Å². The molecule has 39 heavy (non-hydrogen) atoms. The van der Waals surface area contributed by atoms with Gasteiger partial charge in [-0.15, -0.1) is 0 Å². The van der Waals surface area contributed by atoms with Crippen LogP contribution in [0.3, 0.4) is 0 Å². The lowest BCUT2D eigenvalue weighted by Crippen LogP contribution is -2.55. The van der Waals surface area contributed by atoms with Gasteiger partial charge in [-0.3, -0.25) is 9.48 Å². The highest BCUT2D eigenvalue weighted by molar-refractivity contribution is 6.31. The van der Waals surface area contributed by atoms with Crippen molar-refractivity contribution in [2.24, 2.45) is 5.92 Å². The van der Waals surface area contributed by atoms with Crippen LogP contribution in [0.4, 0.5) is 10.6 Å². The van der Waals surface area contributed by atoms with E-state index in [9.17, 15) is 14.7 Å². The highest BCUT2D eigenvalue weighted by atomic mass is 35.5. The first-order valence-electron chi connectivity index (χ1n) is 14.5. The van der Waals surface area contributed by atoms with Gasteiger partial charge in [-0.05, 0) is 83.4 Å². The molecule has 3 aliphatic rings. The number of carbonyl (C=O) groups excluding carboxylic acids is 2. The molecule has 1 aromatic carbocycles. The fourth-order valence-electron chi connectivity index (χ4n) is 6.46. The summed E-state index contributed by atoms with van der Waals surface area (Å²) in [5.41, 5.74) is 0.300. The number of amides is 2. The Labute approximate surface area is 235 Å². The number of nitrogens with one attached hydrogen (secondary N) is 1. The van der Waals surface area contributed by atoms with Crippen LogP contribution < -0.4 is 10.2 Å². The fourth-order valence-corrected chi connectivity index (χ4v) is 6.63. The van der Waals surface area contributed by atoms with E-state index in [0.29, 0.717) is 24.5 Å². The molecule has 3 atom stereocenters. The van der Waals surface area contributed by atoms with E-state index in [1.165, 1.54) is 6.42 Å². The highest BCUT2D eigenvalue weighted by Crippen LogP contribution is 2.34. The van der Waals surface area contributed by atoms with E-state index in [1.54, 1.807) is 0 Å². The monoisotopic (exact) mass is 559 g/mol. The summed E-state index contributed by atoms with van der Waals surface area (Å²) >= 11 is 6.35. The van der Waals surface area contributed by atoms with Crippen LogP contribution in [-0.4, -0.2) is 68.8 Å². The smallest absolute Gasteiger partial charge is 0.408 e. The molecule has 10 heteroatoms. The minimum Gasteiger partial charge on any atom is -0.444 e. The standard InChI is InChI=1S/C29H42ClN5O4/c1-29(2,3)39-28(38)31-25(19-9-5-4-6-10-19)27(37)33-15-7-11-21(33)18-35-23-14-13-20(30)17-22(23)26(32-35)34-16-8-12-24(34)36/h13-14,17,19,21,24-25,36H,4-12,15-16,18H2,1-3H3,(H,31,38)/t21-,24?,25-/m0/s1. The zero-order valence-electron chi connectivity index (χ0n) is 23.4. The Morgan fingerprint density at radius 3 is 2.54 bits per heavy atom. The Bertz CT molecular complexity index is 1190. The Morgan fingerprint density at radius 2 is 1.85 bits per heavy atom. The van der Waals surface area contributed by atoms with E-state index in [-0.39, 0.29) is 17.9 Å². The highest BCUT2D eigenvalue weighted by Gasteiger charge is 2.39. The molecular weight excluding hydrogens is 518 g/mol. The second kappa shape index (κ2) is 11.5. The van der Waals surface area contributed by atoms with Crippen LogP contribution >= 0.6 is 11.6 Å². The van der Waals surface area contributed by atoms with Gasteiger partial charge in [0.1, 0.15) is 17.9 Å². The molecular formula is C29H42ClN5O4. The molecule has 1 aliphatic carbocycles. The van der Waals surface area contributed by atoms with Gasteiger partial charge < -0.3 is 25.0 Å². The molecule has 1 unspecified atom stereocenters. The lowest BCUT2D eigenvalue weighted by molar-refractivity contribution is -0.136. The lowest BCUT2D eigenvalue weighted by Gasteiger charge is -2.35. The molecule has 3 fully saturated rings. The van der Waals surface area contributed by atoms with Crippen LogP contribution in [0.25, 0.3) is 10.9 Å². The van der Waals surface area contributed by atoms with Crippen LogP contribution in [0.2, 0.25) is 5.02 Å². The largest absolute Gasteiger partial charge is 0.444 e. The SMILES string of the molecule is CC(C)(C)OC(=O)N[C@H](C(=O)N1CCC[C@H]1Cn1nc(N2CCCC2O)c2cc(Cl)ccc21)C1CCCCC1. The number of hydrogen-bond acceptors (Lipinski definition) is 6. The Kier molecular flexibility index (Phi) is 8.29. The summed E-state index contributed by atoms with van der Waals surface area (Å²) in [5.74, 6) is 0.820. The van der Waals surface area contributed by atoms with Gasteiger partial charge in [0.05, 0.1) is 18.1 Å². The third-order valence-electron chi connectivity index (χ3n) is 8.29. The molecule has 0 spiro atoms.